The molecule has 0 spiro atoms. The van der Waals surface area contributed by atoms with Crippen LogP contribution in [0.5, 0.6) is 5.75 Å². The molecule has 2 nitrogen and oxygen atoms in total. The van der Waals surface area contributed by atoms with Crippen molar-refractivity contribution in [1.29, 1.82) is 0 Å². The molecule has 0 bridgehead atoms. The van der Waals surface area contributed by atoms with Gasteiger partial charge in [0.1, 0.15) is 5.75 Å². The predicted molar refractivity (Wildman–Crippen MR) is 71.9 cm³/mol. The SMILES string of the molecule is COc1ccc(C(F)(F)CC2CCCCN2)cc1C. The second-order valence-corrected chi connectivity index (χ2v) is 5.24. The third-order valence-electron chi connectivity index (χ3n) is 3.73. The van der Waals surface area contributed by atoms with E-state index in [-0.39, 0.29) is 18.0 Å². The number of ether oxygens (including phenoxy) is 1. The lowest BCUT2D eigenvalue weighted by molar-refractivity contribution is -0.0254. The lowest BCUT2D eigenvalue weighted by atomic mass is 9.94. The topological polar surface area (TPSA) is 21.3 Å². The minimum absolute atomic E-state index is 0.0776. The van der Waals surface area contributed by atoms with Crippen LogP contribution in [0.15, 0.2) is 18.2 Å². The highest BCUT2D eigenvalue weighted by atomic mass is 19.3. The van der Waals surface area contributed by atoms with Gasteiger partial charge in [0.15, 0.2) is 0 Å². The molecule has 1 aliphatic heterocycles. The molecule has 0 saturated carbocycles. The second-order valence-electron chi connectivity index (χ2n) is 5.24. The molecule has 1 heterocycles. The largest absolute Gasteiger partial charge is 0.496 e. The monoisotopic (exact) mass is 269 g/mol. The van der Waals surface area contributed by atoms with Crippen molar-refractivity contribution in [3.05, 3.63) is 29.3 Å². The van der Waals surface area contributed by atoms with Crippen molar-refractivity contribution in [2.75, 3.05) is 13.7 Å². The molecule has 1 aromatic rings. The third-order valence-corrected chi connectivity index (χ3v) is 3.73. The van der Waals surface area contributed by atoms with E-state index in [1.54, 1.807) is 20.1 Å². The highest BCUT2D eigenvalue weighted by Gasteiger charge is 2.35. The van der Waals surface area contributed by atoms with Crippen LogP contribution in [-0.2, 0) is 5.92 Å². The Labute approximate surface area is 113 Å². The van der Waals surface area contributed by atoms with E-state index in [9.17, 15) is 8.78 Å². The van der Waals surface area contributed by atoms with E-state index in [0.29, 0.717) is 5.75 Å². The number of benzene rings is 1. The van der Waals surface area contributed by atoms with Gasteiger partial charge in [-0.05, 0) is 50.1 Å². The van der Waals surface area contributed by atoms with Gasteiger partial charge in [0.2, 0.25) is 0 Å². The summed E-state index contributed by atoms with van der Waals surface area (Å²) in [6.45, 7) is 2.64. The molecule has 1 atom stereocenters. The average Bonchev–Trinajstić information content (AvgIpc) is 2.39. The molecule has 4 heteroatoms. The van der Waals surface area contributed by atoms with Gasteiger partial charge in [-0.1, -0.05) is 6.42 Å². The van der Waals surface area contributed by atoms with Crippen LogP contribution < -0.4 is 10.1 Å². The van der Waals surface area contributed by atoms with Crippen molar-refractivity contribution in [2.45, 2.75) is 44.6 Å². The molecule has 1 fully saturated rings. The number of alkyl halides is 2. The predicted octanol–water partition coefficient (Wildman–Crippen LogP) is 3.63. The normalized spacial score (nSPS) is 20.3. The Morgan fingerprint density at radius 3 is 2.74 bits per heavy atom. The van der Waals surface area contributed by atoms with Crippen LogP contribution in [0, 0.1) is 6.92 Å². The lowest BCUT2D eigenvalue weighted by Crippen LogP contribution is -2.38. The Hall–Kier alpha value is -1.16. The molecule has 1 N–H and O–H groups in total. The highest BCUT2D eigenvalue weighted by Crippen LogP contribution is 2.36. The Kier molecular flexibility index (Phi) is 4.40. The summed E-state index contributed by atoms with van der Waals surface area (Å²) in [6.07, 6.45) is 2.84. The maximum absolute atomic E-state index is 14.3. The lowest BCUT2D eigenvalue weighted by Gasteiger charge is -2.28. The van der Waals surface area contributed by atoms with E-state index < -0.39 is 5.92 Å². The minimum Gasteiger partial charge on any atom is -0.496 e. The zero-order valence-electron chi connectivity index (χ0n) is 11.5. The molecular formula is C15H21F2NO. The number of hydrogen-bond donors (Lipinski definition) is 1. The fraction of sp³-hybridized carbons (Fsp3) is 0.600. The Morgan fingerprint density at radius 2 is 2.16 bits per heavy atom. The number of aryl methyl sites for hydroxylation is 1. The first-order chi connectivity index (χ1) is 9.03. The van der Waals surface area contributed by atoms with Crippen molar-refractivity contribution in [3.63, 3.8) is 0 Å². The van der Waals surface area contributed by atoms with Gasteiger partial charge in [-0.2, -0.15) is 0 Å². The van der Waals surface area contributed by atoms with Crippen LogP contribution in [0.3, 0.4) is 0 Å². The summed E-state index contributed by atoms with van der Waals surface area (Å²) in [6, 6.07) is 4.54. The van der Waals surface area contributed by atoms with E-state index >= 15 is 0 Å². The molecule has 1 unspecified atom stereocenters. The van der Waals surface area contributed by atoms with E-state index in [2.05, 4.69) is 5.32 Å². The van der Waals surface area contributed by atoms with Gasteiger partial charge in [0, 0.05) is 18.0 Å². The van der Waals surface area contributed by atoms with Crippen molar-refractivity contribution in [2.24, 2.45) is 0 Å². The molecule has 1 saturated heterocycles. The van der Waals surface area contributed by atoms with Crippen molar-refractivity contribution in [3.8, 4) is 5.75 Å². The molecule has 2 rings (SSSR count). The first kappa shape index (κ1) is 14.3. The van der Waals surface area contributed by atoms with Gasteiger partial charge >= 0.3 is 0 Å². The fourth-order valence-corrected chi connectivity index (χ4v) is 2.63. The van der Waals surface area contributed by atoms with Crippen LogP contribution in [0.25, 0.3) is 0 Å². The Balaban J connectivity index is 2.11. The molecule has 0 radical (unpaired) electrons. The smallest absolute Gasteiger partial charge is 0.274 e. The van der Waals surface area contributed by atoms with E-state index in [4.69, 9.17) is 4.74 Å². The molecule has 0 aliphatic carbocycles. The summed E-state index contributed by atoms with van der Waals surface area (Å²) in [4.78, 5) is 0. The summed E-state index contributed by atoms with van der Waals surface area (Å²) in [5, 5.41) is 3.18. The maximum Gasteiger partial charge on any atom is 0.274 e. The first-order valence-corrected chi connectivity index (χ1v) is 6.79. The van der Waals surface area contributed by atoms with E-state index in [0.717, 1.165) is 31.4 Å². The molecule has 19 heavy (non-hydrogen) atoms. The third kappa shape index (κ3) is 3.44. The zero-order valence-corrected chi connectivity index (χ0v) is 11.5. The summed E-state index contributed by atoms with van der Waals surface area (Å²) in [7, 11) is 1.55. The quantitative estimate of drug-likeness (QED) is 0.901. The van der Waals surface area contributed by atoms with Crippen LogP contribution in [-0.4, -0.2) is 19.7 Å². The molecular weight excluding hydrogens is 248 g/mol. The maximum atomic E-state index is 14.3. The standard InChI is InChI=1S/C15H21F2NO/c1-11-9-12(6-7-14(11)19-2)15(16,17)10-13-5-3-4-8-18-13/h6-7,9,13,18H,3-5,8,10H2,1-2H3. The van der Waals surface area contributed by atoms with E-state index in [1.165, 1.54) is 12.1 Å². The number of piperidine rings is 1. The summed E-state index contributed by atoms with van der Waals surface area (Å²) >= 11 is 0. The first-order valence-electron chi connectivity index (χ1n) is 6.79. The molecule has 1 aliphatic rings. The van der Waals surface area contributed by atoms with Gasteiger partial charge in [-0.25, -0.2) is 8.78 Å². The van der Waals surface area contributed by atoms with Crippen LogP contribution >= 0.6 is 0 Å². The summed E-state index contributed by atoms with van der Waals surface area (Å²) in [5.41, 5.74) is 0.828. The van der Waals surface area contributed by atoms with Crippen LogP contribution in [0.1, 0.15) is 36.8 Å². The highest BCUT2D eigenvalue weighted by molar-refractivity contribution is 5.37. The Morgan fingerprint density at radius 1 is 1.37 bits per heavy atom. The Bertz CT molecular complexity index is 428. The molecule has 0 amide bonds. The van der Waals surface area contributed by atoms with Crippen molar-refractivity contribution >= 4 is 0 Å². The van der Waals surface area contributed by atoms with Gasteiger partial charge in [-0.15, -0.1) is 0 Å². The average molecular weight is 269 g/mol. The fourth-order valence-electron chi connectivity index (χ4n) is 2.63. The molecule has 106 valence electrons. The van der Waals surface area contributed by atoms with Gasteiger partial charge in [0.05, 0.1) is 7.11 Å². The van der Waals surface area contributed by atoms with Crippen LogP contribution in [0.4, 0.5) is 8.78 Å². The zero-order chi connectivity index (χ0) is 13.9. The minimum atomic E-state index is -2.79. The summed E-state index contributed by atoms with van der Waals surface area (Å²) in [5.74, 6) is -2.14. The summed E-state index contributed by atoms with van der Waals surface area (Å²) < 4.78 is 33.7. The van der Waals surface area contributed by atoms with Crippen molar-refractivity contribution < 1.29 is 13.5 Å². The molecule has 0 aromatic heterocycles. The second kappa shape index (κ2) is 5.87. The number of hydrogen-bond acceptors (Lipinski definition) is 2. The van der Waals surface area contributed by atoms with Crippen LogP contribution in [0.2, 0.25) is 0 Å². The van der Waals surface area contributed by atoms with Gasteiger partial charge in [0.25, 0.3) is 5.92 Å². The molecule has 1 aromatic carbocycles. The number of rotatable bonds is 4. The van der Waals surface area contributed by atoms with Gasteiger partial charge in [-0.3, -0.25) is 0 Å². The van der Waals surface area contributed by atoms with E-state index in [1.807, 2.05) is 0 Å². The van der Waals surface area contributed by atoms with Gasteiger partial charge < -0.3 is 10.1 Å². The number of methoxy groups -OCH3 is 1. The number of nitrogens with one attached hydrogen (secondary N) is 1. The van der Waals surface area contributed by atoms with Crippen molar-refractivity contribution in [1.82, 2.24) is 5.32 Å². The number of halogens is 2.